The second-order valence-electron chi connectivity index (χ2n) is 1.06. The molecule has 0 radical (unpaired) electrons. The Morgan fingerprint density at radius 2 is 1.00 bits per heavy atom. The number of rotatable bonds is 2. The summed E-state index contributed by atoms with van der Waals surface area (Å²) in [5.74, 6) is 0. The molecular formula is H4Ni2O7P2. The molecular weight excluding hydrogens is 291 g/mol. The monoisotopic (exact) mass is 294 g/mol. The normalized spacial score (nSPS) is 11.3. The zero-order valence-corrected chi connectivity index (χ0v) is 8.30. The van der Waals surface area contributed by atoms with Crippen LogP contribution in [-0.4, -0.2) is 19.6 Å². The Morgan fingerprint density at radius 1 is 0.818 bits per heavy atom. The van der Waals surface area contributed by atoms with Gasteiger partial charge in [-0.3, -0.25) is 0 Å². The average Bonchev–Trinajstić information content (AvgIpc) is 1.14. The van der Waals surface area contributed by atoms with Crippen molar-refractivity contribution in [2.45, 2.75) is 0 Å². The molecule has 11 heteroatoms. The van der Waals surface area contributed by atoms with Crippen LogP contribution in [0.3, 0.4) is 0 Å². The van der Waals surface area contributed by atoms with Crippen LogP contribution in [0, 0.1) is 0 Å². The van der Waals surface area contributed by atoms with Gasteiger partial charge in [0, 0.05) is 33.0 Å². The Morgan fingerprint density at radius 3 is 1.00 bits per heavy atom. The summed E-state index contributed by atoms with van der Waals surface area (Å²) in [6, 6.07) is 0. The zero-order valence-electron chi connectivity index (χ0n) is 4.54. The number of hydrogen-bond acceptors (Lipinski definition) is 3. The van der Waals surface area contributed by atoms with E-state index in [9.17, 15) is 9.13 Å². The number of phosphoric acid groups is 2. The fourth-order valence-electron chi connectivity index (χ4n) is 0.139. The van der Waals surface area contributed by atoms with Crippen molar-refractivity contribution in [3.05, 3.63) is 0 Å². The summed E-state index contributed by atoms with van der Waals surface area (Å²) >= 11 is 0. The van der Waals surface area contributed by atoms with Crippen molar-refractivity contribution in [2.24, 2.45) is 0 Å². The van der Waals surface area contributed by atoms with Crippen molar-refractivity contribution >= 4 is 15.6 Å². The predicted molar refractivity (Wildman–Crippen MR) is 25.2 cm³/mol. The Balaban J connectivity index is -0.000000320. The molecule has 0 saturated heterocycles. The van der Waals surface area contributed by atoms with Crippen LogP contribution in [0.2, 0.25) is 0 Å². The molecule has 0 rings (SSSR count). The molecule has 0 aliphatic carbocycles. The van der Waals surface area contributed by atoms with E-state index in [1.165, 1.54) is 0 Å². The van der Waals surface area contributed by atoms with Crippen LogP contribution in [-0.2, 0) is 46.4 Å². The Kier molecular flexibility index (Phi) is 9.58. The van der Waals surface area contributed by atoms with E-state index in [0.29, 0.717) is 0 Å². The molecule has 0 heterocycles. The van der Waals surface area contributed by atoms with Gasteiger partial charge in [0.25, 0.3) is 0 Å². The maximum Gasteiger partial charge on any atom is 0.478 e. The molecule has 0 spiro atoms. The van der Waals surface area contributed by atoms with Gasteiger partial charge >= 0.3 is 15.6 Å². The minimum absolute atomic E-state index is 0. The van der Waals surface area contributed by atoms with E-state index in [-0.39, 0.29) is 33.0 Å². The van der Waals surface area contributed by atoms with E-state index < -0.39 is 15.6 Å². The van der Waals surface area contributed by atoms with Crippen molar-refractivity contribution in [3.8, 4) is 0 Å². The fourth-order valence-corrected chi connectivity index (χ4v) is 1.25. The van der Waals surface area contributed by atoms with Gasteiger partial charge in [-0.25, -0.2) is 9.13 Å². The molecule has 4 N–H and O–H groups in total. The van der Waals surface area contributed by atoms with Gasteiger partial charge in [0.2, 0.25) is 0 Å². The van der Waals surface area contributed by atoms with Gasteiger partial charge in [0.1, 0.15) is 0 Å². The van der Waals surface area contributed by atoms with Crippen LogP contribution in [0.1, 0.15) is 0 Å². The van der Waals surface area contributed by atoms with Crippen molar-refractivity contribution in [3.63, 3.8) is 0 Å². The van der Waals surface area contributed by atoms with Crippen molar-refractivity contribution in [2.75, 3.05) is 0 Å². The standard InChI is InChI=1S/2Ni.H4O7P2/c;;1-8(2,3)7-9(4,5)6/h;;(H2,1,2,3)(H2,4,5,6). The van der Waals surface area contributed by atoms with Gasteiger partial charge in [0.05, 0.1) is 0 Å². The molecule has 0 unspecified atom stereocenters. The minimum atomic E-state index is -5.05. The second-order valence-corrected chi connectivity index (χ2v) is 3.68. The SMILES string of the molecule is O=P(O)(O)OP(=O)(O)O.[Ni].[Ni]. The maximum absolute atomic E-state index is 9.63. The van der Waals surface area contributed by atoms with E-state index in [2.05, 4.69) is 4.31 Å². The average molecular weight is 295 g/mol. The molecule has 0 saturated carbocycles. The maximum atomic E-state index is 9.63. The molecule has 0 aromatic rings. The molecule has 0 bridgehead atoms. The second kappa shape index (κ2) is 5.82. The van der Waals surface area contributed by atoms with Crippen molar-refractivity contribution in [1.82, 2.24) is 0 Å². The van der Waals surface area contributed by atoms with E-state index in [4.69, 9.17) is 19.6 Å². The van der Waals surface area contributed by atoms with Crippen LogP contribution in [0.25, 0.3) is 0 Å². The zero-order chi connectivity index (χ0) is 7.71. The fraction of sp³-hybridized carbons (Fsp3) is 0. The Hall–Kier alpha value is 1.25. The van der Waals surface area contributed by atoms with Gasteiger partial charge in [-0.1, -0.05) is 0 Å². The molecule has 11 heavy (non-hydrogen) atoms. The van der Waals surface area contributed by atoms with Crippen molar-refractivity contribution < 1.29 is 66.0 Å². The number of hydrogen-bond donors (Lipinski definition) is 4. The van der Waals surface area contributed by atoms with Crippen LogP contribution in [0.5, 0.6) is 0 Å². The summed E-state index contributed by atoms with van der Waals surface area (Å²) in [5, 5.41) is 0. The van der Waals surface area contributed by atoms with Gasteiger partial charge in [-0.05, 0) is 0 Å². The third kappa shape index (κ3) is 18.3. The molecule has 0 atom stereocenters. The van der Waals surface area contributed by atoms with Gasteiger partial charge < -0.3 is 19.6 Å². The molecule has 0 aromatic carbocycles. The third-order valence-electron chi connectivity index (χ3n) is 0.213. The smallest absolute Gasteiger partial charge is 0.302 e. The van der Waals surface area contributed by atoms with Crippen molar-refractivity contribution in [1.29, 1.82) is 0 Å². The largest absolute Gasteiger partial charge is 0.478 e. The third-order valence-corrected chi connectivity index (χ3v) is 1.91. The van der Waals surface area contributed by atoms with Gasteiger partial charge in [0.15, 0.2) is 0 Å². The summed E-state index contributed by atoms with van der Waals surface area (Å²) in [6.45, 7) is 0. The molecule has 0 aliphatic rings. The molecule has 7 nitrogen and oxygen atoms in total. The van der Waals surface area contributed by atoms with Crippen LogP contribution in [0.15, 0.2) is 0 Å². The first kappa shape index (κ1) is 18.1. The first-order valence-electron chi connectivity index (χ1n) is 1.53. The summed E-state index contributed by atoms with van der Waals surface area (Å²) in [7, 11) is -10.1. The molecule has 76 valence electrons. The first-order valence-corrected chi connectivity index (χ1v) is 4.59. The van der Waals surface area contributed by atoms with E-state index >= 15 is 0 Å². The first-order chi connectivity index (χ1) is 3.71. The summed E-state index contributed by atoms with van der Waals surface area (Å²) < 4.78 is 22.2. The molecule has 0 aliphatic heterocycles. The summed E-state index contributed by atoms with van der Waals surface area (Å²) in [4.78, 5) is 31.0. The summed E-state index contributed by atoms with van der Waals surface area (Å²) in [5.41, 5.74) is 0. The van der Waals surface area contributed by atoms with Crippen LogP contribution < -0.4 is 0 Å². The Bertz CT molecular complexity index is 155. The van der Waals surface area contributed by atoms with Gasteiger partial charge in [-0.2, -0.15) is 4.31 Å². The summed E-state index contributed by atoms with van der Waals surface area (Å²) in [6.07, 6.45) is 0. The Labute approximate surface area is 81.9 Å². The molecule has 0 amide bonds. The quantitative estimate of drug-likeness (QED) is 0.387. The van der Waals surface area contributed by atoms with Gasteiger partial charge in [-0.15, -0.1) is 0 Å². The topological polar surface area (TPSA) is 124 Å². The van der Waals surface area contributed by atoms with E-state index in [1.807, 2.05) is 0 Å². The van der Waals surface area contributed by atoms with E-state index in [1.54, 1.807) is 0 Å². The minimum Gasteiger partial charge on any atom is -0.302 e. The molecule has 0 fully saturated rings. The van der Waals surface area contributed by atoms with E-state index in [0.717, 1.165) is 0 Å². The van der Waals surface area contributed by atoms with Crippen LogP contribution in [0.4, 0.5) is 0 Å². The van der Waals surface area contributed by atoms with Crippen LogP contribution >= 0.6 is 15.6 Å². The predicted octanol–water partition coefficient (Wildman–Crippen LogP) is -0.817. The molecule has 0 aromatic heterocycles.